The van der Waals surface area contributed by atoms with Crippen molar-refractivity contribution < 1.29 is 0 Å². The lowest BCUT2D eigenvalue weighted by molar-refractivity contribution is 0.529. The number of aryl methyl sites for hydroxylation is 1. The molecule has 0 spiro atoms. The number of nitrogens with zero attached hydrogens (tertiary/aromatic N) is 3. The van der Waals surface area contributed by atoms with Crippen LogP contribution in [0.3, 0.4) is 0 Å². The van der Waals surface area contributed by atoms with Gasteiger partial charge in [-0.25, -0.2) is 4.68 Å². The number of anilines is 1. The van der Waals surface area contributed by atoms with Crippen molar-refractivity contribution in [2.45, 2.75) is 31.7 Å². The van der Waals surface area contributed by atoms with E-state index in [0.717, 1.165) is 12.5 Å². The zero-order valence-electron chi connectivity index (χ0n) is 8.03. The van der Waals surface area contributed by atoms with Gasteiger partial charge in [0.05, 0.1) is 5.69 Å². The Bertz CT molecular complexity index is 325. The van der Waals surface area contributed by atoms with Crippen molar-refractivity contribution in [3.05, 3.63) is 11.8 Å². The van der Waals surface area contributed by atoms with Crippen LogP contribution >= 0.6 is 0 Å². The predicted octanol–water partition coefficient (Wildman–Crippen LogP) is 1.60. The molecule has 0 saturated heterocycles. The summed E-state index contributed by atoms with van der Waals surface area (Å²) in [5, 5.41) is 4.64. The van der Waals surface area contributed by atoms with Gasteiger partial charge in [-0.05, 0) is 19.3 Å². The number of fused-ring (bicyclic) bond motifs is 1. The third-order valence-electron chi connectivity index (χ3n) is 3.03. The van der Waals surface area contributed by atoms with Crippen LogP contribution in [0.2, 0.25) is 0 Å². The summed E-state index contributed by atoms with van der Waals surface area (Å²) in [4.78, 5) is 2.31. The van der Waals surface area contributed by atoms with Gasteiger partial charge in [-0.2, -0.15) is 5.10 Å². The van der Waals surface area contributed by atoms with Crippen molar-refractivity contribution in [2.75, 3.05) is 18.5 Å². The quantitative estimate of drug-likeness (QED) is 0.649. The molecule has 1 aromatic rings. The van der Waals surface area contributed by atoms with Crippen molar-refractivity contribution in [3.63, 3.8) is 0 Å². The predicted molar refractivity (Wildman–Crippen MR) is 52.1 cm³/mol. The molecule has 0 unspecified atom stereocenters. The molecule has 0 atom stereocenters. The molecule has 3 nitrogen and oxygen atoms in total. The highest BCUT2D eigenvalue weighted by atomic mass is 15.4. The summed E-state index contributed by atoms with van der Waals surface area (Å²) < 4.78 is 2.16. The first kappa shape index (κ1) is 7.42. The lowest BCUT2D eigenvalue weighted by atomic mass is 10.3. The van der Waals surface area contributed by atoms with Gasteiger partial charge in [0.15, 0.2) is 0 Å². The SMILES string of the molecule is CN1CCCn2nc(C3CC3)cc21. The molecule has 0 radical (unpaired) electrons. The highest BCUT2D eigenvalue weighted by molar-refractivity contribution is 5.42. The molecule has 13 heavy (non-hydrogen) atoms. The van der Waals surface area contributed by atoms with Gasteiger partial charge in [-0.1, -0.05) is 0 Å². The van der Waals surface area contributed by atoms with Gasteiger partial charge in [0.1, 0.15) is 5.82 Å². The van der Waals surface area contributed by atoms with Crippen LogP contribution in [0.15, 0.2) is 6.07 Å². The van der Waals surface area contributed by atoms with Crippen molar-refractivity contribution in [1.29, 1.82) is 0 Å². The highest BCUT2D eigenvalue weighted by Crippen LogP contribution is 2.40. The zero-order chi connectivity index (χ0) is 8.84. The Morgan fingerprint density at radius 3 is 2.92 bits per heavy atom. The van der Waals surface area contributed by atoms with Crippen LogP contribution in [-0.4, -0.2) is 23.4 Å². The molecular weight excluding hydrogens is 162 g/mol. The molecular formula is C10H15N3. The van der Waals surface area contributed by atoms with E-state index in [4.69, 9.17) is 0 Å². The van der Waals surface area contributed by atoms with Crippen LogP contribution in [0.5, 0.6) is 0 Å². The Hall–Kier alpha value is -0.990. The minimum atomic E-state index is 0.784. The molecule has 1 saturated carbocycles. The molecule has 0 bridgehead atoms. The maximum Gasteiger partial charge on any atom is 0.126 e. The average molecular weight is 177 g/mol. The van der Waals surface area contributed by atoms with E-state index in [2.05, 4.69) is 27.8 Å². The van der Waals surface area contributed by atoms with Crippen LogP contribution in [0.25, 0.3) is 0 Å². The molecule has 1 aromatic heterocycles. The van der Waals surface area contributed by atoms with E-state index in [1.807, 2.05) is 0 Å². The van der Waals surface area contributed by atoms with Crippen LogP contribution in [0.4, 0.5) is 5.82 Å². The van der Waals surface area contributed by atoms with Gasteiger partial charge in [0, 0.05) is 32.1 Å². The van der Waals surface area contributed by atoms with Crippen LogP contribution in [-0.2, 0) is 6.54 Å². The molecule has 2 aliphatic rings. The Kier molecular flexibility index (Phi) is 1.43. The Morgan fingerprint density at radius 2 is 2.23 bits per heavy atom. The first-order valence-electron chi connectivity index (χ1n) is 5.13. The third-order valence-corrected chi connectivity index (χ3v) is 3.03. The van der Waals surface area contributed by atoms with Gasteiger partial charge in [0.25, 0.3) is 0 Å². The van der Waals surface area contributed by atoms with E-state index in [1.165, 1.54) is 37.3 Å². The van der Waals surface area contributed by atoms with Crippen molar-refractivity contribution in [2.24, 2.45) is 0 Å². The summed E-state index contributed by atoms with van der Waals surface area (Å²) in [6.45, 7) is 2.28. The number of rotatable bonds is 1. The molecule has 70 valence electrons. The molecule has 1 aliphatic heterocycles. The van der Waals surface area contributed by atoms with E-state index in [-0.39, 0.29) is 0 Å². The van der Waals surface area contributed by atoms with E-state index < -0.39 is 0 Å². The summed E-state index contributed by atoms with van der Waals surface area (Å²) in [5.41, 5.74) is 1.32. The first-order valence-corrected chi connectivity index (χ1v) is 5.13. The van der Waals surface area contributed by atoms with Crippen LogP contribution in [0.1, 0.15) is 30.9 Å². The Labute approximate surface area is 78.3 Å². The van der Waals surface area contributed by atoms with Gasteiger partial charge in [-0.15, -0.1) is 0 Å². The zero-order valence-corrected chi connectivity index (χ0v) is 8.03. The second-order valence-electron chi connectivity index (χ2n) is 4.20. The highest BCUT2D eigenvalue weighted by Gasteiger charge is 2.28. The maximum atomic E-state index is 4.64. The molecule has 1 fully saturated rings. The summed E-state index contributed by atoms with van der Waals surface area (Å²) in [7, 11) is 2.16. The maximum absolute atomic E-state index is 4.64. The van der Waals surface area contributed by atoms with Crippen molar-refractivity contribution in [1.82, 2.24) is 9.78 Å². The fourth-order valence-electron chi connectivity index (χ4n) is 2.05. The Balaban J connectivity index is 1.99. The Morgan fingerprint density at radius 1 is 1.38 bits per heavy atom. The van der Waals surface area contributed by atoms with Gasteiger partial charge < -0.3 is 4.90 Å². The lowest BCUT2D eigenvalue weighted by Crippen LogP contribution is -2.28. The minimum Gasteiger partial charge on any atom is -0.360 e. The van der Waals surface area contributed by atoms with Crippen molar-refractivity contribution in [3.8, 4) is 0 Å². The number of hydrogen-bond donors (Lipinski definition) is 0. The molecule has 3 rings (SSSR count). The molecule has 0 amide bonds. The first-order chi connectivity index (χ1) is 6.34. The minimum absolute atomic E-state index is 0.784. The third kappa shape index (κ3) is 1.14. The van der Waals surface area contributed by atoms with E-state index >= 15 is 0 Å². The van der Waals surface area contributed by atoms with E-state index in [9.17, 15) is 0 Å². The molecule has 2 heterocycles. The summed E-state index contributed by atoms with van der Waals surface area (Å²) in [6.07, 6.45) is 3.93. The van der Waals surface area contributed by atoms with Gasteiger partial charge in [-0.3, -0.25) is 0 Å². The monoisotopic (exact) mass is 177 g/mol. The molecule has 0 aromatic carbocycles. The van der Waals surface area contributed by atoms with E-state index in [1.54, 1.807) is 0 Å². The van der Waals surface area contributed by atoms with Crippen molar-refractivity contribution >= 4 is 5.82 Å². The number of hydrogen-bond acceptors (Lipinski definition) is 2. The molecule has 0 N–H and O–H groups in total. The van der Waals surface area contributed by atoms with E-state index in [0.29, 0.717) is 0 Å². The topological polar surface area (TPSA) is 21.1 Å². The number of aromatic nitrogens is 2. The van der Waals surface area contributed by atoms with Gasteiger partial charge >= 0.3 is 0 Å². The van der Waals surface area contributed by atoms with Crippen LogP contribution < -0.4 is 4.90 Å². The summed E-state index contributed by atoms with van der Waals surface area (Å²) in [5.74, 6) is 2.10. The lowest BCUT2D eigenvalue weighted by Gasteiger charge is -2.24. The molecule has 1 aliphatic carbocycles. The standard InChI is InChI=1S/C10H15N3/c1-12-5-2-6-13-10(12)7-9(11-13)8-3-4-8/h7-8H,2-6H2,1H3. The molecule has 3 heteroatoms. The smallest absolute Gasteiger partial charge is 0.126 e. The average Bonchev–Trinajstić information content (AvgIpc) is 2.87. The van der Waals surface area contributed by atoms with Gasteiger partial charge in [0.2, 0.25) is 0 Å². The fraction of sp³-hybridized carbons (Fsp3) is 0.700. The normalized spacial score (nSPS) is 21.8. The largest absolute Gasteiger partial charge is 0.360 e. The fourth-order valence-corrected chi connectivity index (χ4v) is 2.05. The second kappa shape index (κ2) is 2.50. The summed E-state index contributed by atoms with van der Waals surface area (Å²) in [6, 6.07) is 2.27. The second-order valence-corrected chi connectivity index (χ2v) is 4.20. The van der Waals surface area contributed by atoms with Crippen LogP contribution in [0, 0.1) is 0 Å². The summed E-state index contributed by atoms with van der Waals surface area (Å²) >= 11 is 0.